The minimum Gasteiger partial charge on any atom is -0.353 e. The van der Waals surface area contributed by atoms with Crippen molar-refractivity contribution >= 4 is 31.9 Å². The van der Waals surface area contributed by atoms with Crippen LogP contribution in [0.5, 0.6) is 0 Å². The Morgan fingerprint density at radius 3 is 1.04 bits per heavy atom. The molecule has 0 N–H and O–H groups in total. The van der Waals surface area contributed by atoms with E-state index in [0.717, 1.165) is 87.2 Å². The minimum absolute atomic E-state index is 0.155. The van der Waals surface area contributed by atoms with Crippen LogP contribution < -0.4 is 0 Å². The predicted octanol–water partition coefficient (Wildman–Crippen LogP) is 15.7. The SMILES string of the molecule is CCCCCCCOC(CCCC(C)CC(C)CC(C)CC(C)Br)OC(CCCC(C)CC(C)CC(C)CC(C)Br)OCCCCCCC. The lowest BCUT2D eigenvalue weighted by atomic mass is 9.86. The van der Waals surface area contributed by atoms with Crippen LogP contribution in [0, 0.1) is 35.5 Å². The summed E-state index contributed by atoms with van der Waals surface area (Å²) in [6, 6.07) is 0. The maximum Gasteiger partial charge on any atom is 0.160 e. The van der Waals surface area contributed by atoms with Gasteiger partial charge < -0.3 is 14.2 Å². The first-order valence-corrected chi connectivity index (χ1v) is 23.4. The van der Waals surface area contributed by atoms with Gasteiger partial charge in [0.05, 0.1) is 0 Å². The van der Waals surface area contributed by atoms with Gasteiger partial charge in [-0.05, 0) is 113 Å². The van der Waals surface area contributed by atoms with Crippen LogP contribution in [0.25, 0.3) is 0 Å². The summed E-state index contributed by atoms with van der Waals surface area (Å²) in [4.78, 5) is 1.23. The van der Waals surface area contributed by atoms with Gasteiger partial charge in [-0.1, -0.05) is 165 Å². The highest BCUT2D eigenvalue weighted by molar-refractivity contribution is 9.09. The van der Waals surface area contributed by atoms with Gasteiger partial charge in [-0.3, -0.25) is 0 Å². The third-order valence-electron chi connectivity index (χ3n) is 10.4. The first-order chi connectivity index (χ1) is 23.4. The monoisotopic (exact) mass is 823 g/mol. The summed E-state index contributed by atoms with van der Waals surface area (Å²) >= 11 is 7.49. The second kappa shape index (κ2) is 33.4. The van der Waals surface area contributed by atoms with Gasteiger partial charge in [0, 0.05) is 22.9 Å². The van der Waals surface area contributed by atoms with Gasteiger partial charge in [-0.25, -0.2) is 0 Å². The molecule has 0 saturated heterocycles. The van der Waals surface area contributed by atoms with E-state index in [1.54, 1.807) is 0 Å². The largest absolute Gasteiger partial charge is 0.353 e. The van der Waals surface area contributed by atoms with Gasteiger partial charge in [0.15, 0.2) is 12.6 Å². The van der Waals surface area contributed by atoms with Crippen LogP contribution >= 0.6 is 31.9 Å². The molecule has 0 aliphatic rings. The summed E-state index contributed by atoms with van der Waals surface area (Å²) < 4.78 is 19.8. The van der Waals surface area contributed by atoms with E-state index in [2.05, 4.69) is 101 Å². The van der Waals surface area contributed by atoms with E-state index in [0.29, 0.717) is 9.65 Å². The molecule has 5 heteroatoms. The maximum atomic E-state index is 6.76. The zero-order valence-electron chi connectivity index (χ0n) is 34.7. The summed E-state index contributed by atoms with van der Waals surface area (Å²) in [7, 11) is 0. The summed E-state index contributed by atoms with van der Waals surface area (Å²) in [6.45, 7) is 25.4. The van der Waals surface area contributed by atoms with Crippen molar-refractivity contribution < 1.29 is 14.2 Å². The number of unbranched alkanes of at least 4 members (excludes halogenated alkanes) is 8. The van der Waals surface area contributed by atoms with Gasteiger partial charge in [0.25, 0.3) is 0 Å². The average Bonchev–Trinajstić information content (AvgIpc) is 2.98. The Kier molecular flexibility index (Phi) is 34.0. The highest BCUT2D eigenvalue weighted by Crippen LogP contribution is 2.29. The standard InChI is InChI=1S/C44H88Br2O3/c1-11-13-15-17-19-27-47-43(25-21-23-35(3)29-37(5)31-39(7)33-41(9)45)49-44(48-28-20-18-16-14-12-2)26-22-24-36(4)30-38(6)32-40(8)34-42(10)46/h35-44H,11-34H2,1-10H3. The molecule has 0 fully saturated rings. The van der Waals surface area contributed by atoms with E-state index in [9.17, 15) is 0 Å². The van der Waals surface area contributed by atoms with E-state index >= 15 is 0 Å². The number of hydrogen-bond donors (Lipinski definition) is 0. The third-order valence-corrected chi connectivity index (χ3v) is 11.1. The molecule has 0 bridgehead atoms. The van der Waals surface area contributed by atoms with Gasteiger partial charge in [-0.2, -0.15) is 0 Å². The quantitative estimate of drug-likeness (QED) is 0.0358. The molecule has 0 aromatic heterocycles. The molecule has 0 spiro atoms. The van der Waals surface area contributed by atoms with Gasteiger partial charge in [0.1, 0.15) is 0 Å². The molecular formula is C44H88Br2O3. The maximum absolute atomic E-state index is 6.76. The van der Waals surface area contributed by atoms with Gasteiger partial charge >= 0.3 is 0 Å². The lowest BCUT2D eigenvalue weighted by molar-refractivity contribution is -0.250. The smallest absolute Gasteiger partial charge is 0.160 e. The van der Waals surface area contributed by atoms with E-state index in [-0.39, 0.29) is 12.6 Å². The Balaban J connectivity index is 5.14. The normalized spacial score (nSPS) is 18.4. The molecule has 0 aliphatic heterocycles. The molecule has 296 valence electrons. The summed E-state index contributed by atoms with van der Waals surface area (Å²) in [5.74, 6) is 4.61. The molecule has 49 heavy (non-hydrogen) atoms. The fourth-order valence-corrected chi connectivity index (χ4v) is 9.41. The molecule has 0 aromatic rings. The van der Waals surface area contributed by atoms with E-state index in [1.165, 1.54) is 103 Å². The molecule has 0 amide bonds. The van der Waals surface area contributed by atoms with E-state index < -0.39 is 0 Å². The Labute approximate surface area is 326 Å². The van der Waals surface area contributed by atoms with Crippen molar-refractivity contribution in [3.8, 4) is 0 Å². The highest BCUT2D eigenvalue weighted by atomic mass is 79.9. The molecule has 10 atom stereocenters. The molecule has 0 rings (SSSR count). The summed E-state index contributed by atoms with van der Waals surface area (Å²) in [6.07, 6.45) is 26.9. The van der Waals surface area contributed by atoms with Crippen LogP contribution in [0.15, 0.2) is 0 Å². The Morgan fingerprint density at radius 1 is 0.367 bits per heavy atom. The number of ether oxygens (including phenoxy) is 3. The minimum atomic E-state index is -0.155. The molecule has 0 heterocycles. The van der Waals surface area contributed by atoms with Crippen molar-refractivity contribution in [1.82, 2.24) is 0 Å². The van der Waals surface area contributed by atoms with Crippen LogP contribution in [0.3, 0.4) is 0 Å². The average molecular weight is 825 g/mol. The Hall–Kier alpha value is 0.840. The van der Waals surface area contributed by atoms with Crippen LogP contribution in [0.1, 0.15) is 210 Å². The lowest BCUT2D eigenvalue weighted by Gasteiger charge is -2.27. The zero-order chi connectivity index (χ0) is 36.9. The Morgan fingerprint density at radius 2 is 0.694 bits per heavy atom. The second-order valence-electron chi connectivity index (χ2n) is 17.0. The van der Waals surface area contributed by atoms with E-state index in [1.807, 2.05) is 0 Å². The van der Waals surface area contributed by atoms with Gasteiger partial charge in [-0.15, -0.1) is 0 Å². The zero-order valence-corrected chi connectivity index (χ0v) is 37.9. The molecule has 0 radical (unpaired) electrons. The van der Waals surface area contributed by atoms with Crippen LogP contribution in [-0.2, 0) is 14.2 Å². The number of hydrogen-bond acceptors (Lipinski definition) is 3. The van der Waals surface area contributed by atoms with Crippen molar-refractivity contribution in [2.45, 2.75) is 233 Å². The summed E-state index contributed by atoms with van der Waals surface area (Å²) in [5, 5.41) is 0. The Bertz CT molecular complexity index is 633. The first-order valence-electron chi connectivity index (χ1n) is 21.5. The molecule has 10 unspecified atom stereocenters. The van der Waals surface area contributed by atoms with Crippen LogP contribution in [0.2, 0.25) is 0 Å². The number of halogens is 2. The van der Waals surface area contributed by atoms with Crippen molar-refractivity contribution in [1.29, 1.82) is 0 Å². The molecule has 0 aliphatic carbocycles. The van der Waals surface area contributed by atoms with Crippen LogP contribution in [-0.4, -0.2) is 35.4 Å². The molecular weight excluding hydrogens is 736 g/mol. The summed E-state index contributed by atoms with van der Waals surface area (Å²) in [5.41, 5.74) is 0. The molecule has 0 saturated carbocycles. The lowest BCUT2D eigenvalue weighted by Crippen LogP contribution is -2.28. The van der Waals surface area contributed by atoms with Crippen molar-refractivity contribution in [2.75, 3.05) is 13.2 Å². The van der Waals surface area contributed by atoms with Crippen molar-refractivity contribution in [3.05, 3.63) is 0 Å². The second-order valence-corrected chi connectivity index (χ2v) is 20.2. The van der Waals surface area contributed by atoms with Crippen molar-refractivity contribution in [3.63, 3.8) is 0 Å². The fourth-order valence-electron chi connectivity index (χ4n) is 8.13. The highest BCUT2D eigenvalue weighted by Gasteiger charge is 2.21. The molecule has 3 nitrogen and oxygen atoms in total. The molecule has 0 aromatic carbocycles. The predicted molar refractivity (Wildman–Crippen MR) is 225 cm³/mol. The fraction of sp³-hybridized carbons (Fsp3) is 1.00. The van der Waals surface area contributed by atoms with E-state index in [4.69, 9.17) is 14.2 Å². The third kappa shape index (κ3) is 33.2. The number of rotatable bonds is 36. The first kappa shape index (κ1) is 49.8. The van der Waals surface area contributed by atoms with Crippen LogP contribution in [0.4, 0.5) is 0 Å². The van der Waals surface area contributed by atoms with Crippen molar-refractivity contribution in [2.24, 2.45) is 35.5 Å². The topological polar surface area (TPSA) is 27.7 Å². The number of alkyl halides is 2. The van der Waals surface area contributed by atoms with Gasteiger partial charge in [0.2, 0.25) is 0 Å².